The number of carbonyl (C=O) groups excluding carboxylic acids is 1. The van der Waals surface area contributed by atoms with E-state index in [1.807, 2.05) is 13.8 Å². The van der Waals surface area contributed by atoms with Crippen molar-refractivity contribution in [2.75, 3.05) is 13.2 Å². The van der Waals surface area contributed by atoms with E-state index in [9.17, 15) is 9.59 Å². The molecule has 0 saturated carbocycles. The van der Waals surface area contributed by atoms with Gasteiger partial charge in [0.15, 0.2) is 0 Å². The van der Waals surface area contributed by atoms with E-state index < -0.39 is 11.4 Å². The second kappa shape index (κ2) is 6.48. The summed E-state index contributed by atoms with van der Waals surface area (Å²) in [4.78, 5) is 22.1. The maximum Gasteiger partial charge on any atom is 0.310 e. The number of rotatable bonds is 7. The third-order valence-electron chi connectivity index (χ3n) is 2.38. The summed E-state index contributed by atoms with van der Waals surface area (Å²) in [6, 6.07) is 0. The summed E-state index contributed by atoms with van der Waals surface area (Å²) in [6.07, 6.45) is 0.881. The topological polar surface area (TPSA) is 75.6 Å². The van der Waals surface area contributed by atoms with Gasteiger partial charge in [-0.25, -0.2) is 0 Å². The molecule has 0 aliphatic carbocycles. The van der Waals surface area contributed by atoms with Gasteiger partial charge in [-0.3, -0.25) is 9.59 Å². The van der Waals surface area contributed by atoms with Gasteiger partial charge in [-0.15, -0.1) is 0 Å². The lowest BCUT2D eigenvalue weighted by Crippen LogP contribution is -2.40. The van der Waals surface area contributed by atoms with E-state index in [1.54, 1.807) is 13.8 Å². The predicted octanol–water partition coefficient (Wildman–Crippen LogP) is 1.03. The van der Waals surface area contributed by atoms with E-state index in [2.05, 4.69) is 5.32 Å². The van der Waals surface area contributed by atoms with E-state index in [4.69, 9.17) is 9.84 Å². The first-order chi connectivity index (χ1) is 7.29. The SMILES string of the molecule is CCC(C)OCC(=O)NCC(C)(C)C(=O)O. The Hall–Kier alpha value is -1.10. The Balaban J connectivity index is 3.86. The molecule has 1 amide bonds. The molecule has 0 aromatic carbocycles. The molecule has 0 aromatic heterocycles. The van der Waals surface area contributed by atoms with Crippen LogP contribution in [0.25, 0.3) is 0 Å². The van der Waals surface area contributed by atoms with Crippen molar-refractivity contribution in [3.8, 4) is 0 Å². The third kappa shape index (κ3) is 5.70. The van der Waals surface area contributed by atoms with E-state index in [-0.39, 0.29) is 25.2 Å². The van der Waals surface area contributed by atoms with Gasteiger partial charge in [-0.05, 0) is 27.2 Å². The van der Waals surface area contributed by atoms with E-state index in [0.29, 0.717) is 0 Å². The second-order valence-electron chi connectivity index (χ2n) is 4.50. The zero-order chi connectivity index (χ0) is 12.8. The molecular formula is C11H21NO4. The minimum Gasteiger partial charge on any atom is -0.481 e. The van der Waals surface area contributed by atoms with Crippen LogP contribution in [0.4, 0.5) is 0 Å². The zero-order valence-corrected chi connectivity index (χ0v) is 10.4. The Morgan fingerprint density at radius 3 is 2.44 bits per heavy atom. The van der Waals surface area contributed by atoms with Gasteiger partial charge in [0, 0.05) is 6.54 Å². The van der Waals surface area contributed by atoms with Gasteiger partial charge in [-0.1, -0.05) is 6.92 Å². The first-order valence-corrected chi connectivity index (χ1v) is 5.41. The lowest BCUT2D eigenvalue weighted by Gasteiger charge is -2.19. The molecule has 0 radical (unpaired) electrons. The number of carboxylic acid groups (broad SMARTS) is 1. The Labute approximate surface area is 96.2 Å². The number of carboxylic acids is 1. The molecule has 1 unspecified atom stereocenters. The van der Waals surface area contributed by atoms with Crippen LogP contribution in [-0.4, -0.2) is 36.2 Å². The maximum absolute atomic E-state index is 11.3. The maximum atomic E-state index is 11.3. The molecule has 0 rings (SSSR count). The lowest BCUT2D eigenvalue weighted by molar-refractivity contribution is -0.147. The zero-order valence-electron chi connectivity index (χ0n) is 10.4. The van der Waals surface area contributed by atoms with Gasteiger partial charge in [0.2, 0.25) is 5.91 Å². The van der Waals surface area contributed by atoms with E-state index >= 15 is 0 Å². The van der Waals surface area contributed by atoms with E-state index in [1.165, 1.54) is 0 Å². The van der Waals surface area contributed by atoms with Crippen LogP contribution >= 0.6 is 0 Å². The highest BCUT2D eigenvalue weighted by molar-refractivity contribution is 5.79. The van der Waals surface area contributed by atoms with Crippen molar-refractivity contribution in [2.24, 2.45) is 5.41 Å². The van der Waals surface area contributed by atoms with Crippen LogP contribution in [0.1, 0.15) is 34.1 Å². The summed E-state index contributed by atoms with van der Waals surface area (Å²) in [5, 5.41) is 11.4. The van der Waals surface area contributed by atoms with Gasteiger partial charge in [0.25, 0.3) is 0 Å². The first-order valence-electron chi connectivity index (χ1n) is 5.41. The molecular weight excluding hydrogens is 210 g/mol. The fourth-order valence-corrected chi connectivity index (χ4v) is 0.782. The predicted molar refractivity (Wildman–Crippen MR) is 60.1 cm³/mol. The number of ether oxygens (including phenoxy) is 1. The number of hydrogen-bond donors (Lipinski definition) is 2. The molecule has 0 spiro atoms. The molecule has 0 saturated heterocycles. The second-order valence-corrected chi connectivity index (χ2v) is 4.50. The molecule has 1 atom stereocenters. The molecule has 0 aromatic rings. The van der Waals surface area contributed by atoms with Crippen molar-refractivity contribution in [1.29, 1.82) is 0 Å². The van der Waals surface area contributed by atoms with Crippen molar-refractivity contribution >= 4 is 11.9 Å². The van der Waals surface area contributed by atoms with Crippen LogP contribution in [0.5, 0.6) is 0 Å². The molecule has 16 heavy (non-hydrogen) atoms. The summed E-state index contributed by atoms with van der Waals surface area (Å²) in [5.74, 6) is -1.22. The molecule has 0 bridgehead atoms. The minimum atomic E-state index is -0.952. The molecule has 0 aliphatic heterocycles. The highest BCUT2D eigenvalue weighted by Gasteiger charge is 2.27. The summed E-state index contributed by atoms with van der Waals surface area (Å²) >= 11 is 0. The molecule has 0 fully saturated rings. The monoisotopic (exact) mass is 231 g/mol. The highest BCUT2D eigenvalue weighted by Crippen LogP contribution is 2.12. The molecule has 5 heteroatoms. The summed E-state index contributed by atoms with van der Waals surface area (Å²) in [5.41, 5.74) is -0.952. The number of amides is 1. The highest BCUT2D eigenvalue weighted by atomic mass is 16.5. The normalized spacial score (nSPS) is 13.2. The quantitative estimate of drug-likeness (QED) is 0.686. The number of aliphatic carboxylic acids is 1. The van der Waals surface area contributed by atoms with Crippen molar-refractivity contribution in [1.82, 2.24) is 5.32 Å². The standard InChI is InChI=1S/C11H21NO4/c1-5-8(2)16-6-9(13)12-7-11(3,4)10(14)15/h8H,5-7H2,1-4H3,(H,12,13)(H,14,15). The van der Waals surface area contributed by atoms with Gasteiger partial charge in [0.05, 0.1) is 11.5 Å². The Kier molecular flexibility index (Phi) is 6.03. The summed E-state index contributed by atoms with van der Waals surface area (Å²) in [7, 11) is 0. The van der Waals surface area contributed by atoms with Crippen LogP contribution in [0.3, 0.4) is 0 Å². The molecule has 0 aliphatic rings. The summed E-state index contributed by atoms with van der Waals surface area (Å²) in [6.45, 7) is 7.05. The van der Waals surface area contributed by atoms with Crippen molar-refractivity contribution in [3.63, 3.8) is 0 Å². The largest absolute Gasteiger partial charge is 0.481 e. The first kappa shape index (κ1) is 14.9. The number of hydrogen-bond acceptors (Lipinski definition) is 3. The average molecular weight is 231 g/mol. The van der Waals surface area contributed by atoms with Gasteiger partial charge >= 0.3 is 5.97 Å². The molecule has 94 valence electrons. The number of carbonyl (C=O) groups is 2. The Morgan fingerprint density at radius 1 is 1.44 bits per heavy atom. The Morgan fingerprint density at radius 2 is 2.00 bits per heavy atom. The fraction of sp³-hybridized carbons (Fsp3) is 0.818. The van der Waals surface area contributed by atoms with Crippen LogP contribution in [-0.2, 0) is 14.3 Å². The third-order valence-corrected chi connectivity index (χ3v) is 2.38. The fourth-order valence-electron chi connectivity index (χ4n) is 0.782. The smallest absolute Gasteiger partial charge is 0.310 e. The van der Waals surface area contributed by atoms with E-state index in [0.717, 1.165) is 6.42 Å². The summed E-state index contributed by atoms with van der Waals surface area (Å²) < 4.78 is 5.22. The minimum absolute atomic E-state index is 0.0231. The average Bonchev–Trinajstić information content (AvgIpc) is 2.22. The lowest BCUT2D eigenvalue weighted by atomic mass is 9.94. The van der Waals surface area contributed by atoms with Crippen LogP contribution in [0.2, 0.25) is 0 Å². The van der Waals surface area contributed by atoms with Gasteiger partial charge in [0.1, 0.15) is 6.61 Å². The number of nitrogens with one attached hydrogen (secondary N) is 1. The molecule has 0 heterocycles. The van der Waals surface area contributed by atoms with Crippen molar-refractivity contribution in [2.45, 2.75) is 40.2 Å². The van der Waals surface area contributed by atoms with Crippen LogP contribution in [0, 0.1) is 5.41 Å². The van der Waals surface area contributed by atoms with Crippen molar-refractivity contribution in [3.05, 3.63) is 0 Å². The van der Waals surface area contributed by atoms with Gasteiger partial charge in [-0.2, -0.15) is 0 Å². The van der Waals surface area contributed by atoms with Gasteiger partial charge < -0.3 is 15.2 Å². The molecule has 5 nitrogen and oxygen atoms in total. The Bertz CT molecular complexity index is 250. The van der Waals surface area contributed by atoms with Crippen molar-refractivity contribution < 1.29 is 19.4 Å². The van der Waals surface area contributed by atoms with Crippen LogP contribution < -0.4 is 5.32 Å². The molecule has 2 N–H and O–H groups in total. The van der Waals surface area contributed by atoms with Crippen LogP contribution in [0.15, 0.2) is 0 Å².